The van der Waals surface area contributed by atoms with Crippen molar-refractivity contribution in [3.8, 4) is 11.1 Å². The van der Waals surface area contributed by atoms with E-state index in [2.05, 4.69) is 42.3 Å². The number of halogens is 1. The van der Waals surface area contributed by atoms with Crippen LogP contribution >= 0.6 is 15.9 Å². The summed E-state index contributed by atoms with van der Waals surface area (Å²) in [4.78, 5) is 56.7. The zero-order chi connectivity index (χ0) is 34.3. The van der Waals surface area contributed by atoms with Gasteiger partial charge in [0.2, 0.25) is 11.8 Å². The predicted molar refractivity (Wildman–Crippen MR) is 192 cm³/mol. The lowest BCUT2D eigenvalue weighted by molar-refractivity contribution is -0.138. The van der Waals surface area contributed by atoms with Gasteiger partial charge >= 0.3 is 0 Å². The molecule has 1 aliphatic carbocycles. The van der Waals surface area contributed by atoms with E-state index < -0.39 is 6.04 Å². The predicted octanol–water partition coefficient (Wildman–Crippen LogP) is 7.54. The fourth-order valence-electron chi connectivity index (χ4n) is 8.15. The molecule has 3 atom stereocenters. The number of anilines is 1. The normalized spacial score (nSPS) is 23.1. The molecule has 1 aromatic carbocycles. The molecule has 0 spiro atoms. The van der Waals surface area contributed by atoms with Crippen molar-refractivity contribution in [3.05, 3.63) is 63.9 Å². The zero-order valence-corrected chi connectivity index (χ0v) is 30.2. The van der Waals surface area contributed by atoms with Gasteiger partial charge < -0.3 is 10.2 Å². The molecule has 3 aliphatic rings. The third-order valence-electron chi connectivity index (χ3n) is 10.8. The number of hydrogen-bond donors (Lipinski definition) is 1. The number of benzene rings is 1. The molecule has 0 radical (unpaired) electrons. The van der Waals surface area contributed by atoms with E-state index in [4.69, 9.17) is 5.10 Å². The molecule has 2 amide bonds. The number of carbonyl (C=O) groups is 3. The number of nitrogens with one attached hydrogen (secondary N) is 1. The van der Waals surface area contributed by atoms with Crippen molar-refractivity contribution in [3.63, 3.8) is 0 Å². The summed E-state index contributed by atoms with van der Waals surface area (Å²) in [5.41, 5.74) is 4.82. The second-order valence-corrected chi connectivity index (χ2v) is 15.1. The minimum absolute atomic E-state index is 0.0212. The van der Waals surface area contributed by atoms with Gasteiger partial charge in [-0.3, -0.25) is 19.1 Å². The lowest BCUT2D eigenvalue weighted by atomic mass is 9.92. The summed E-state index contributed by atoms with van der Waals surface area (Å²) >= 11 is 3.42. The van der Waals surface area contributed by atoms with Crippen LogP contribution in [-0.2, 0) is 22.6 Å². The molecular formula is C38H44BrN7O3. The Balaban J connectivity index is 1.27. The second kappa shape index (κ2) is 13.7. The Kier molecular flexibility index (Phi) is 9.39. The molecule has 256 valence electrons. The first-order chi connectivity index (χ1) is 23.6. The van der Waals surface area contributed by atoms with Crippen LogP contribution in [0.3, 0.4) is 0 Å². The summed E-state index contributed by atoms with van der Waals surface area (Å²) in [5, 5.41) is 8.57. The molecular weight excluding hydrogens is 682 g/mol. The molecule has 5 heterocycles. The molecule has 1 unspecified atom stereocenters. The van der Waals surface area contributed by atoms with E-state index in [1.807, 2.05) is 49.3 Å². The summed E-state index contributed by atoms with van der Waals surface area (Å²) in [6, 6.07) is 7.30. The van der Waals surface area contributed by atoms with Crippen molar-refractivity contribution in [2.45, 2.75) is 116 Å². The Hall–Kier alpha value is -3.99. The summed E-state index contributed by atoms with van der Waals surface area (Å²) in [7, 11) is 0. The summed E-state index contributed by atoms with van der Waals surface area (Å²) in [5.74, 6) is 0.674. The molecule has 1 N–H and O–H groups in total. The van der Waals surface area contributed by atoms with Crippen LogP contribution in [-0.4, -0.2) is 59.3 Å². The molecule has 1 saturated heterocycles. The third kappa shape index (κ3) is 6.78. The van der Waals surface area contributed by atoms with E-state index in [1.165, 1.54) is 39.0 Å². The van der Waals surface area contributed by atoms with Crippen LogP contribution in [0.25, 0.3) is 22.0 Å². The van der Waals surface area contributed by atoms with Crippen LogP contribution in [0.4, 0.5) is 5.82 Å². The van der Waals surface area contributed by atoms with E-state index in [0.717, 1.165) is 71.7 Å². The Morgan fingerprint density at radius 1 is 0.939 bits per heavy atom. The van der Waals surface area contributed by atoms with E-state index in [1.54, 1.807) is 4.68 Å². The highest BCUT2D eigenvalue weighted by Crippen LogP contribution is 2.62. The number of carbonyl (C=O) groups excluding carboxylic acids is 3. The Morgan fingerprint density at radius 2 is 1.65 bits per heavy atom. The summed E-state index contributed by atoms with van der Waals surface area (Å²) < 4.78 is 2.36. The minimum Gasteiger partial charge on any atom is -0.325 e. The van der Waals surface area contributed by atoms with Gasteiger partial charge in [0.15, 0.2) is 5.78 Å². The van der Waals surface area contributed by atoms with Crippen molar-refractivity contribution in [2.24, 2.45) is 5.41 Å². The van der Waals surface area contributed by atoms with Crippen LogP contribution in [0.1, 0.15) is 105 Å². The number of ketones is 1. The average molecular weight is 727 g/mol. The SMILES string of the molecule is CC(=O)c1nn2c3c(cc(-c4cnc(C)nc4)cc13)CCCCCCCCCC[C@]13CC1N(C(=O)C2)[C@H](C(=O)Nc1nc(Br)ccc1C)C3. The van der Waals surface area contributed by atoms with E-state index >= 15 is 0 Å². The molecule has 2 fully saturated rings. The zero-order valence-electron chi connectivity index (χ0n) is 28.6. The van der Waals surface area contributed by atoms with Crippen LogP contribution in [0.5, 0.6) is 0 Å². The number of pyridine rings is 1. The van der Waals surface area contributed by atoms with Gasteiger partial charge in [-0.2, -0.15) is 5.10 Å². The first kappa shape index (κ1) is 33.5. The van der Waals surface area contributed by atoms with Crippen molar-refractivity contribution in [1.29, 1.82) is 0 Å². The highest BCUT2D eigenvalue weighted by molar-refractivity contribution is 9.10. The minimum atomic E-state index is -0.602. The lowest BCUT2D eigenvalue weighted by Crippen LogP contribution is -2.47. The summed E-state index contributed by atoms with van der Waals surface area (Å²) in [6.45, 7) is 5.24. The maximum atomic E-state index is 14.5. The van der Waals surface area contributed by atoms with Crippen LogP contribution in [0.15, 0.2) is 41.3 Å². The molecule has 7 rings (SSSR count). The van der Waals surface area contributed by atoms with Gasteiger partial charge in [-0.1, -0.05) is 51.0 Å². The maximum Gasteiger partial charge on any atom is 0.248 e. The van der Waals surface area contributed by atoms with E-state index in [9.17, 15) is 14.4 Å². The first-order valence-electron chi connectivity index (χ1n) is 17.7. The molecule has 10 nitrogen and oxygen atoms in total. The molecule has 4 aromatic rings. The van der Waals surface area contributed by atoms with Gasteiger partial charge in [0, 0.05) is 36.3 Å². The standard InChI is InChI=1S/C38H44BrN7O3/c1-23-13-14-32(39)42-36(23)43-37(49)30-18-38-15-11-9-7-5-4-6-8-10-12-26-16-27(28-20-40-25(3)41-21-28)17-29-34(24(2)47)44-45(35(26)29)22-33(48)46(30)31(38)19-38/h13-14,16-17,20-21,30-31H,4-12,15,18-19,22H2,1-3H3,(H,42,43,49)/t30-,31?,38-/m0/s1. The van der Waals surface area contributed by atoms with Crippen molar-refractivity contribution >= 4 is 50.2 Å². The van der Waals surface area contributed by atoms with Crippen LogP contribution in [0.2, 0.25) is 0 Å². The number of hydrogen-bond acceptors (Lipinski definition) is 7. The summed E-state index contributed by atoms with van der Waals surface area (Å²) in [6.07, 6.45) is 16.3. The number of Topliss-reactive ketones (excluding diaryl/α,β-unsaturated/α-hetero) is 1. The van der Waals surface area contributed by atoms with Crippen LogP contribution in [0, 0.1) is 19.3 Å². The van der Waals surface area contributed by atoms with Crippen LogP contribution < -0.4 is 5.32 Å². The molecule has 3 aromatic heterocycles. The molecule has 2 bridgehead atoms. The quantitative estimate of drug-likeness (QED) is 0.170. The number of aromatic nitrogens is 5. The van der Waals surface area contributed by atoms with E-state index in [0.29, 0.717) is 28.4 Å². The smallest absolute Gasteiger partial charge is 0.248 e. The Labute approximate surface area is 295 Å². The van der Waals surface area contributed by atoms with Gasteiger partial charge in [0.05, 0.1) is 5.52 Å². The van der Waals surface area contributed by atoms with Crippen molar-refractivity contribution in [2.75, 3.05) is 5.32 Å². The van der Waals surface area contributed by atoms with Gasteiger partial charge in [-0.15, -0.1) is 0 Å². The van der Waals surface area contributed by atoms with Gasteiger partial charge in [0.1, 0.15) is 34.5 Å². The lowest BCUT2D eigenvalue weighted by Gasteiger charge is -2.27. The molecule has 49 heavy (non-hydrogen) atoms. The van der Waals surface area contributed by atoms with Crippen molar-refractivity contribution in [1.82, 2.24) is 29.6 Å². The largest absolute Gasteiger partial charge is 0.325 e. The van der Waals surface area contributed by atoms with E-state index in [-0.39, 0.29) is 35.6 Å². The Morgan fingerprint density at radius 3 is 2.39 bits per heavy atom. The molecule has 11 heteroatoms. The number of amides is 2. The third-order valence-corrected chi connectivity index (χ3v) is 11.3. The molecule has 2 aliphatic heterocycles. The van der Waals surface area contributed by atoms with Crippen molar-refractivity contribution < 1.29 is 14.4 Å². The topological polar surface area (TPSA) is 123 Å². The molecule has 1 saturated carbocycles. The average Bonchev–Trinajstić information content (AvgIpc) is 3.48. The first-order valence-corrected chi connectivity index (χ1v) is 18.5. The monoisotopic (exact) mass is 725 g/mol. The van der Waals surface area contributed by atoms with Gasteiger partial charge in [-0.25, -0.2) is 15.0 Å². The number of aryl methyl sites for hydroxylation is 3. The number of piperidine rings is 1. The van der Waals surface area contributed by atoms with Gasteiger partial charge in [-0.05, 0) is 102 Å². The maximum absolute atomic E-state index is 14.5. The Bertz CT molecular complexity index is 1920. The fraction of sp³-hybridized carbons (Fsp3) is 0.500. The highest BCUT2D eigenvalue weighted by Gasteiger charge is 2.66. The number of nitrogens with zero attached hydrogens (tertiary/aromatic N) is 6. The number of rotatable bonds is 4. The highest BCUT2D eigenvalue weighted by atomic mass is 79.9. The fourth-order valence-corrected chi connectivity index (χ4v) is 8.46. The second-order valence-electron chi connectivity index (χ2n) is 14.3. The van der Waals surface area contributed by atoms with Gasteiger partial charge in [0.25, 0.3) is 0 Å².